The highest BCUT2D eigenvalue weighted by Gasteiger charge is 2.26. The smallest absolute Gasteiger partial charge is 0.0568 e. The summed E-state index contributed by atoms with van der Waals surface area (Å²) in [6.45, 7) is 0. The second kappa shape index (κ2) is 8.69. The maximum atomic E-state index is 2.35. The van der Waals surface area contributed by atoms with Gasteiger partial charge in [0, 0.05) is 0 Å². The van der Waals surface area contributed by atoms with Crippen LogP contribution in [0.25, 0.3) is 0 Å². The third-order valence-corrected chi connectivity index (χ3v) is 7.69. The monoisotopic (exact) mass is 383 g/mol. The van der Waals surface area contributed by atoms with Crippen LogP contribution in [0.5, 0.6) is 0 Å². The van der Waals surface area contributed by atoms with Crippen LogP contribution in [0.4, 0.5) is 0 Å². The van der Waals surface area contributed by atoms with Crippen molar-refractivity contribution >= 4 is 23.8 Å². The van der Waals surface area contributed by atoms with Gasteiger partial charge in [0.25, 0.3) is 0 Å². The maximum Gasteiger partial charge on any atom is 0.0568 e. The third kappa shape index (κ3) is 3.87. The van der Waals surface area contributed by atoms with E-state index in [0.717, 1.165) is 6.42 Å². The summed E-state index contributed by atoms with van der Waals surface area (Å²) in [7, 11) is 3.76. The number of nitrogens with zero attached hydrogens (tertiary/aromatic N) is 1. The largest absolute Gasteiger partial charge is 0.299 e. The molecule has 0 spiro atoms. The first-order valence-electron chi connectivity index (χ1n) is 9.77. The zero-order valence-corrected chi connectivity index (χ0v) is 17.4. The molecule has 0 N–H and O–H groups in total. The third-order valence-electron chi connectivity index (χ3n) is 5.17. The number of allylic oxidation sites excluding steroid dienone is 3. The van der Waals surface area contributed by atoms with E-state index in [1.165, 1.54) is 27.1 Å². The normalized spacial score (nSPS) is 14.5. The van der Waals surface area contributed by atoms with Crippen LogP contribution < -0.4 is 15.9 Å². The number of benzene rings is 3. The topological polar surface area (TPSA) is 3.24 Å². The van der Waals surface area contributed by atoms with E-state index in [-0.39, 0.29) is 0 Å². The van der Waals surface area contributed by atoms with E-state index in [9.17, 15) is 0 Å². The first-order chi connectivity index (χ1) is 13.8. The van der Waals surface area contributed by atoms with Gasteiger partial charge < -0.3 is 0 Å². The molecule has 0 aromatic heterocycles. The Morgan fingerprint density at radius 1 is 0.750 bits per heavy atom. The summed E-state index contributed by atoms with van der Waals surface area (Å²) in [5.74, 6) is 0. The Labute approximate surface area is 169 Å². The van der Waals surface area contributed by atoms with Gasteiger partial charge in [0.2, 0.25) is 0 Å². The first kappa shape index (κ1) is 18.9. The van der Waals surface area contributed by atoms with Crippen molar-refractivity contribution in [3.8, 4) is 0 Å². The molecule has 1 aliphatic rings. The van der Waals surface area contributed by atoms with E-state index in [2.05, 4.69) is 122 Å². The molecule has 0 radical (unpaired) electrons. The average molecular weight is 383 g/mol. The molecule has 0 saturated carbocycles. The number of likely N-dealkylation sites (N-methyl/N-ethyl adjacent to an activating group) is 1. The summed E-state index contributed by atoms with van der Waals surface area (Å²) < 4.78 is 0. The van der Waals surface area contributed by atoms with E-state index < -0.39 is 7.92 Å². The molecule has 0 amide bonds. The quantitative estimate of drug-likeness (QED) is 0.546. The van der Waals surface area contributed by atoms with Gasteiger partial charge in [-0.3, -0.25) is 4.90 Å². The molecule has 1 atom stereocenters. The summed E-state index contributed by atoms with van der Waals surface area (Å²) in [4.78, 5) is 2.35. The van der Waals surface area contributed by atoms with Crippen molar-refractivity contribution in [1.29, 1.82) is 0 Å². The SMILES string of the molecule is CN(C)C(C1=CC=CC1)c1ccccc1P(c1ccccc1)c1ccccc1. The Morgan fingerprint density at radius 2 is 1.32 bits per heavy atom. The van der Waals surface area contributed by atoms with Gasteiger partial charge in [-0.2, -0.15) is 0 Å². The van der Waals surface area contributed by atoms with Crippen molar-refractivity contribution in [2.24, 2.45) is 0 Å². The van der Waals surface area contributed by atoms with Gasteiger partial charge in [-0.25, -0.2) is 0 Å². The molecular weight excluding hydrogens is 357 g/mol. The van der Waals surface area contributed by atoms with Crippen molar-refractivity contribution in [3.63, 3.8) is 0 Å². The lowest BCUT2D eigenvalue weighted by molar-refractivity contribution is 0.336. The highest BCUT2D eigenvalue weighted by molar-refractivity contribution is 7.79. The second-order valence-corrected chi connectivity index (χ2v) is 9.49. The van der Waals surface area contributed by atoms with E-state index in [1.807, 2.05) is 0 Å². The lowest BCUT2D eigenvalue weighted by Gasteiger charge is -2.31. The van der Waals surface area contributed by atoms with Crippen molar-refractivity contribution in [3.05, 3.63) is 114 Å². The minimum atomic E-state index is -0.613. The fourth-order valence-electron chi connectivity index (χ4n) is 3.98. The van der Waals surface area contributed by atoms with Crippen molar-refractivity contribution < 1.29 is 0 Å². The van der Waals surface area contributed by atoms with Crippen LogP contribution in [0.2, 0.25) is 0 Å². The van der Waals surface area contributed by atoms with E-state index in [0.29, 0.717) is 6.04 Å². The molecule has 0 saturated heterocycles. The molecule has 0 aliphatic heterocycles. The molecule has 28 heavy (non-hydrogen) atoms. The van der Waals surface area contributed by atoms with E-state index in [4.69, 9.17) is 0 Å². The van der Waals surface area contributed by atoms with Gasteiger partial charge in [-0.05, 0) is 55.5 Å². The summed E-state index contributed by atoms with van der Waals surface area (Å²) in [6.07, 6.45) is 7.76. The van der Waals surface area contributed by atoms with Crippen molar-refractivity contribution in [2.75, 3.05) is 14.1 Å². The molecule has 1 nitrogen and oxygen atoms in total. The fraction of sp³-hybridized carbons (Fsp3) is 0.154. The van der Waals surface area contributed by atoms with Crippen LogP contribution in [0, 0.1) is 0 Å². The summed E-state index contributed by atoms with van der Waals surface area (Å²) >= 11 is 0. The number of hydrogen-bond donors (Lipinski definition) is 0. The lowest BCUT2D eigenvalue weighted by Crippen LogP contribution is -2.30. The van der Waals surface area contributed by atoms with Crippen molar-refractivity contribution in [1.82, 2.24) is 4.90 Å². The van der Waals surface area contributed by atoms with Crippen LogP contribution >= 0.6 is 7.92 Å². The zero-order valence-electron chi connectivity index (χ0n) is 16.5. The predicted octanol–water partition coefficient (Wildman–Crippen LogP) is 4.93. The lowest BCUT2D eigenvalue weighted by atomic mass is 9.97. The van der Waals surface area contributed by atoms with Crippen LogP contribution in [0.1, 0.15) is 18.0 Å². The molecule has 0 bridgehead atoms. The molecule has 3 aromatic carbocycles. The molecule has 1 unspecified atom stereocenters. The molecule has 140 valence electrons. The van der Waals surface area contributed by atoms with Crippen LogP contribution in [-0.4, -0.2) is 19.0 Å². The summed E-state index contributed by atoms with van der Waals surface area (Å²) in [5.41, 5.74) is 2.88. The van der Waals surface area contributed by atoms with E-state index in [1.54, 1.807) is 0 Å². The maximum absolute atomic E-state index is 2.35. The highest BCUT2D eigenvalue weighted by atomic mass is 31.1. The Hall–Kier alpha value is -2.47. The minimum absolute atomic E-state index is 0.295. The molecule has 0 heterocycles. The van der Waals surface area contributed by atoms with Crippen molar-refractivity contribution in [2.45, 2.75) is 12.5 Å². The molecule has 3 aromatic rings. The molecular formula is C26H26NP. The first-order valence-corrected chi connectivity index (χ1v) is 11.1. The Balaban J connectivity index is 1.89. The molecule has 2 heteroatoms. The molecule has 0 fully saturated rings. The summed E-state index contributed by atoms with van der Waals surface area (Å²) in [6, 6.07) is 31.2. The van der Waals surface area contributed by atoms with Gasteiger partial charge in [-0.15, -0.1) is 0 Å². The fourth-order valence-corrected chi connectivity index (χ4v) is 6.47. The zero-order chi connectivity index (χ0) is 19.3. The average Bonchev–Trinajstić information content (AvgIpc) is 3.25. The van der Waals surface area contributed by atoms with Gasteiger partial charge in [0.15, 0.2) is 0 Å². The second-order valence-electron chi connectivity index (χ2n) is 7.31. The van der Waals surface area contributed by atoms with Gasteiger partial charge in [0.1, 0.15) is 0 Å². The predicted molar refractivity (Wildman–Crippen MR) is 123 cm³/mol. The standard InChI is InChI=1S/C26H26NP/c1-27(2)26(21-13-9-10-14-21)24-19-11-12-20-25(24)28(22-15-5-3-6-16-22)23-17-7-4-8-18-23/h3-13,15-20,26H,14H2,1-2H3. The Bertz CT molecular complexity index is 934. The summed E-state index contributed by atoms with van der Waals surface area (Å²) in [5, 5.41) is 4.24. The van der Waals surface area contributed by atoms with E-state index >= 15 is 0 Å². The van der Waals surface area contributed by atoms with Crippen LogP contribution in [0.15, 0.2) is 109 Å². The Morgan fingerprint density at radius 3 is 1.86 bits per heavy atom. The Kier molecular flexibility index (Phi) is 5.86. The number of hydrogen-bond acceptors (Lipinski definition) is 1. The van der Waals surface area contributed by atoms with Crippen LogP contribution in [-0.2, 0) is 0 Å². The van der Waals surface area contributed by atoms with Gasteiger partial charge in [-0.1, -0.05) is 103 Å². The molecule has 1 aliphatic carbocycles. The van der Waals surface area contributed by atoms with Crippen LogP contribution in [0.3, 0.4) is 0 Å². The number of rotatable bonds is 6. The van der Waals surface area contributed by atoms with Gasteiger partial charge in [0.05, 0.1) is 6.04 Å². The minimum Gasteiger partial charge on any atom is -0.299 e. The van der Waals surface area contributed by atoms with Gasteiger partial charge >= 0.3 is 0 Å². The highest BCUT2D eigenvalue weighted by Crippen LogP contribution is 2.39. The molecule has 4 rings (SSSR count).